The summed E-state index contributed by atoms with van der Waals surface area (Å²) in [6.07, 6.45) is 4.52. The van der Waals surface area contributed by atoms with Crippen molar-refractivity contribution in [2.45, 2.75) is 38.5 Å². The summed E-state index contributed by atoms with van der Waals surface area (Å²) in [7, 11) is 4.07. The highest BCUT2D eigenvalue weighted by Gasteiger charge is 2.33. The van der Waals surface area contributed by atoms with Gasteiger partial charge in [-0.2, -0.15) is 0 Å². The minimum absolute atomic E-state index is 0.256. The van der Waals surface area contributed by atoms with E-state index in [2.05, 4.69) is 29.2 Å². The molecule has 0 saturated heterocycles. The Bertz CT molecular complexity index is 453. The lowest BCUT2D eigenvalue weighted by molar-refractivity contribution is -0.143. The average Bonchev–Trinajstić information content (AvgIpc) is 2.46. The highest BCUT2D eigenvalue weighted by Crippen LogP contribution is 2.42. The fourth-order valence-electron chi connectivity index (χ4n) is 3.37. The number of anilines is 1. The molecule has 3 heteroatoms. The highest BCUT2D eigenvalue weighted by molar-refractivity contribution is 5.70. The van der Waals surface area contributed by atoms with Crippen LogP contribution >= 0.6 is 0 Å². The van der Waals surface area contributed by atoms with Crippen molar-refractivity contribution < 1.29 is 9.90 Å². The van der Waals surface area contributed by atoms with Crippen LogP contribution in [0.2, 0.25) is 0 Å². The van der Waals surface area contributed by atoms with Crippen LogP contribution in [0.15, 0.2) is 24.3 Å². The average molecular weight is 275 g/mol. The Morgan fingerprint density at radius 2 is 1.80 bits per heavy atom. The Morgan fingerprint density at radius 3 is 2.35 bits per heavy atom. The molecule has 0 aromatic heterocycles. The summed E-state index contributed by atoms with van der Waals surface area (Å²) in [4.78, 5) is 13.4. The predicted molar refractivity (Wildman–Crippen MR) is 82.3 cm³/mol. The SMILES string of the molecule is CC(C(=O)O)C1CCCCC1c1ccc(N(C)C)cc1. The number of aliphatic carboxylic acids is 1. The van der Waals surface area contributed by atoms with E-state index in [1.54, 1.807) is 0 Å². The number of hydrogen-bond acceptors (Lipinski definition) is 2. The predicted octanol–water partition coefficient (Wildman–Crippen LogP) is 3.75. The number of benzene rings is 1. The van der Waals surface area contributed by atoms with E-state index in [0.29, 0.717) is 5.92 Å². The number of rotatable bonds is 4. The van der Waals surface area contributed by atoms with E-state index >= 15 is 0 Å². The van der Waals surface area contributed by atoms with Crippen molar-refractivity contribution in [3.05, 3.63) is 29.8 Å². The maximum absolute atomic E-state index is 11.3. The molecular formula is C17H25NO2. The first kappa shape index (κ1) is 14.9. The Hall–Kier alpha value is -1.51. The van der Waals surface area contributed by atoms with Crippen molar-refractivity contribution in [2.24, 2.45) is 11.8 Å². The van der Waals surface area contributed by atoms with Gasteiger partial charge in [-0.05, 0) is 42.4 Å². The Kier molecular flexibility index (Phi) is 4.69. The fourth-order valence-corrected chi connectivity index (χ4v) is 3.37. The number of carboxylic acids is 1. The van der Waals surface area contributed by atoms with Crippen LogP contribution in [0.1, 0.15) is 44.1 Å². The van der Waals surface area contributed by atoms with Crippen molar-refractivity contribution in [2.75, 3.05) is 19.0 Å². The summed E-state index contributed by atoms with van der Waals surface area (Å²) in [5, 5.41) is 9.31. The lowest BCUT2D eigenvalue weighted by Gasteiger charge is -2.34. The van der Waals surface area contributed by atoms with E-state index in [1.807, 2.05) is 21.0 Å². The molecule has 1 aromatic rings. The van der Waals surface area contributed by atoms with E-state index in [9.17, 15) is 9.90 Å². The summed E-state index contributed by atoms with van der Waals surface area (Å²) < 4.78 is 0. The van der Waals surface area contributed by atoms with Crippen LogP contribution in [0, 0.1) is 11.8 Å². The van der Waals surface area contributed by atoms with Gasteiger partial charge >= 0.3 is 5.97 Å². The Balaban J connectivity index is 2.21. The molecule has 1 fully saturated rings. The van der Waals surface area contributed by atoms with E-state index in [1.165, 1.54) is 17.7 Å². The van der Waals surface area contributed by atoms with Crippen molar-refractivity contribution in [3.8, 4) is 0 Å². The van der Waals surface area contributed by atoms with Gasteiger partial charge in [0.1, 0.15) is 0 Å². The first-order chi connectivity index (χ1) is 9.50. The van der Waals surface area contributed by atoms with E-state index in [4.69, 9.17) is 0 Å². The van der Waals surface area contributed by atoms with Gasteiger partial charge in [0.15, 0.2) is 0 Å². The van der Waals surface area contributed by atoms with Crippen LogP contribution in [0.4, 0.5) is 5.69 Å². The molecule has 0 heterocycles. The topological polar surface area (TPSA) is 40.5 Å². The third-order valence-electron chi connectivity index (χ3n) is 4.69. The molecule has 0 spiro atoms. The molecule has 20 heavy (non-hydrogen) atoms. The van der Waals surface area contributed by atoms with Gasteiger partial charge in [0.25, 0.3) is 0 Å². The van der Waals surface area contributed by atoms with Gasteiger partial charge in [-0.1, -0.05) is 31.9 Å². The molecular weight excluding hydrogens is 250 g/mol. The van der Waals surface area contributed by atoms with Crippen molar-refractivity contribution >= 4 is 11.7 Å². The summed E-state index contributed by atoms with van der Waals surface area (Å²) in [6.45, 7) is 1.86. The van der Waals surface area contributed by atoms with Crippen LogP contribution in [0.3, 0.4) is 0 Å². The Labute approximate surface area is 121 Å². The molecule has 2 rings (SSSR count). The lowest BCUT2D eigenvalue weighted by atomic mass is 9.70. The number of carboxylic acid groups (broad SMARTS) is 1. The highest BCUT2D eigenvalue weighted by atomic mass is 16.4. The molecule has 3 nitrogen and oxygen atoms in total. The second-order valence-corrected chi connectivity index (χ2v) is 6.17. The molecule has 3 atom stereocenters. The second kappa shape index (κ2) is 6.29. The minimum atomic E-state index is -0.660. The monoisotopic (exact) mass is 275 g/mol. The zero-order chi connectivity index (χ0) is 14.7. The summed E-state index contributed by atoms with van der Waals surface area (Å²) >= 11 is 0. The molecule has 1 saturated carbocycles. The third kappa shape index (κ3) is 3.14. The summed E-state index contributed by atoms with van der Waals surface area (Å²) in [5.41, 5.74) is 2.49. The van der Waals surface area contributed by atoms with Gasteiger partial charge in [-0.15, -0.1) is 0 Å². The fraction of sp³-hybridized carbons (Fsp3) is 0.588. The van der Waals surface area contributed by atoms with E-state index in [-0.39, 0.29) is 11.8 Å². The van der Waals surface area contributed by atoms with E-state index < -0.39 is 5.97 Å². The minimum Gasteiger partial charge on any atom is -0.481 e. The van der Waals surface area contributed by atoms with Crippen LogP contribution in [-0.4, -0.2) is 25.2 Å². The molecule has 0 aliphatic heterocycles. The molecule has 1 aliphatic rings. The number of carbonyl (C=O) groups is 1. The quantitative estimate of drug-likeness (QED) is 0.910. The molecule has 1 aromatic carbocycles. The number of nitrogens with zero attached hydrogens (tertiary/aromatic N) is 1. The standard InChI is InChI=1S/C17H25NO2/c1-12(17(19)20)15-6-4-5-7-16(15)13-8-10-14(11-9-13)18(2)3/h8-12,15-16H,4-7H2,1-3H3,(H,19,20). The van der Waals surface area contributed by atoms with Crippen molar-refractivity contribution in [3.63, 3.8) is 0 Å². The third-order valence-corrected chi connectivity index (χ3v) is 4.69. The Morgan fingerprint density at radius 1 is 1.20 bits per heavy atom. The van der Waals surface area contributed by atoms with Crippen LogP contribution in [0.25, 0.3) is 0 Å². The molecule has 0 bridgehead atoms. The zero-order valence-corrected chi connectivity index (χ0v) is 12.7. The second-order valence-electron chi connectivity index (χ2n) is 6.17. The van der Waals surface area contributed by atoms with Crippen molar-refractivity contribution in [1.29, 1.82) is 0 Å². The van der Waals surface area contributed by atoms with Crippen molar-refractivity contribution in [1.82, 2.24) is 0 Å². The van der Waals surface area contributed by atoms with Crippen LogP contribution < -0.4 is 4.90 Å². The van der Waals surface area contributed by atoms with Crippen LogP contribution in [-0.2, 0) is 4.79 Å². The maximum atomic E-state index is 11.3. The molecule has 0 amide bonds. The zero-order valence-electron chi connectivity index (χ0n) is 12.7. The molecule has 1 aliphatic carbocycles. The van der Waals surface area contributed by atoms with Gasteiger partial charge in [0.2, 0.25) is 0 Å². The van der Waals surface area contributed by atoms with E-state index in [0.717, 1.165) is 19.3 Å². The summed E-state index contributed by atoms with van der Waals surface area (Å²) in [5.74, 6) is -0.252. The van der Waals surface area contributed by atoms with Gasteiger partial charge in [-0.3, -0.25) is 4.79 Å². The molecule has 1 N–H and O–H groups in total. The van der Waals surface area contributed by atoms with Crippen LogP contribution in [0.5, 0.6) is 0 Å². The largest absolute Gasteiger partial charge is 0.481 e. The lowest BCUT2D eigenvalue weighted by Crippen LogP contribution is -2.28. The normalized spacial score (nSPS) is 24.1. The molecule has 110 valence electrons. The summed E-state index contributed by atoms with van der Waals surface area (Å²) in [6, 6.07) is 8.61. The first-order valence-electron chi connectivity index (χ1n) is 7.50. The molecule has 0 radical (unpaired) electrons. The maximum Gasteiger partial charge on any atom is 0.306 e. The van der Waals surface area contributed by atoms with Gasteiger partial charge in [0.05, 0.1) is 5.92 Å². The molecule has 3 unspecified atom stereocenters. The van der Waals surface area contributed by atoms with Gasteiger partial charge in [-0.25, -0.2) is 0 Å². The number of hydrogen-bond donors (Lipinski definition) is 1. The first-order valence-corrected chi connectivity index (χ1v) is 7.50. The smallest absolute Gasteiger partial charge is 0.306 e. The van der Waals surface area contributed by atoms with Gasteiger partial charge in [0, 0.05) is 19.8 Å². The van der Waals surface area contributed by atoms with Gasteiger partial charge < -0.3 is 10.0 Å².